The van der Waals surface area contributed by atoms with E-state index in [0.29, 0.717) is 13.3 Å². The Morgan fingerprint density at radius 2 is 1.93 bits per heavy atom. The van der Waals surface area contributed by atoms with Crippen LogP contribution in [0.3, 0.4) is 0 Å². The summed E-state index contributed by atoms with van der Waals surface area (Å²) >= 11 is 0. The van der Waals surface area contributed by atoms with E-state index >= 15 is 0 Å². The number of hydrogen-bond donors (Lipinski definition) is 1. The summed E-state index contributed by atoms with van der Waals surface area (Å²) in [5.41, 5.74) is -0.778. The Morgan fingerprint density at radius 1 is 1.26 bits per heavy atom. The molecule has 1 amide bonds. The number of aryl methyl sites for hydroxylation is 1. The van der Waals surface area contributed by atoms with Gasteiger partial charge in [-0.2, -0.15) is 18.3 Å². The lowest BCUT2D eigenvalue weighted by atomic mass is 9.96. The van der Waals surface area contributed by atoms with Gasteiger partial charge in [-0.1, -0.05) is 24.3 Å². The maximum absolute atomic E-state index is 12.9. The molecule has 1 unspecified atom stereocenters. The largest absolute Gasteiger partial charge is 0.426 e. The Bertz CT molecular complexity index is 857. The third-order valence-electron chi connectivity index (χ3n) is 4.70. The molecule has 0 fully saturated rings. The van der Waals surface area contributed by atoms with Crippen LogP contribution in [0.5, 0.6) is 0 Å². The van der Waals surface area contributed by atoms with Crippen LogP contribution in [-0.4, -0.2) is 44.0 Å². The van der Waals surface area contributed by atoms with Gasteiger partial charge in [-0.15, -0.1) is 0 Å². The van der Waals surface area contributed by atoms with Crippen molar-refractivity contribution in [2.45, 2.75) is 38.0 Å². The van der Waals surface area contributed by atoms with Crippen molar-refractivity contribution >= 4 is 5.91 Å². The van der Waals surface area contributed by atoms with Crippen molar-refractivity contribution in [2.24, 2.45) is 0 Å². The lowest BCUT2D eigenvalue weighted by molar-refractivity contribution is -0.249. The lowest BCUT2D eigenvalue weighted by Crippen LogP contribution is -2.55. The minimum Gasteiger partial charge on any atom is -0.373 e. The molecular formula is C19H20F3N3O2. The highest BCUT2D eigenvalue weighted by molar-refractivity contribution is 5.86. The van der Waals surface area contributed by atoms with Gasteiger partial charge in [-0.05, 0) is 38.5 Å². The van der Waals surface area contributed by atoms with E-state index in [1.54, 1.807) is 10.8 Å². The minimum atomic E-state index is -5.03. The molecule has 144 valence electrons. The van der Waals surface area contributed by atoms with Gasteiger partial charge in [-0.25, -0.2) is 4.68 Å². The van der Waals surface area contributed by atoms with E-state index in [9.17, 15) is 23.1 Å². The number of amides is 1. The smallest absolute Gasteiger partial charge is 0.373 e. The second-order valence-corrected chi connectivity index (χ2v) is 6.76. The van der Waals surface area contributed by atoms with Gasteiger partial charge in [0.25, 0.3) is 5.91 Å². The van der Waals surface area contributed by atoms with E-state index in [4.69, 9.17) is 0 Å². The number of benzene rings is 1. The molecule has 2 atom stereocenters. The van der Waals surface area contributed by atoms with Gasteiger partial charge < -0.3 is 10.0 Å². The first kappa shape index (κ1) is 19.2. The van der Waals surface area contributed by atoms with E-state index in [1.807, 2.05) is 43.3 Å². The topological polar surface area (TPSA) is 58.4 Å². The Balaban J connectivity index is 1.77. The molecular weight excluding hydrogens is 359 g/mol. The molecule has 2 aromatic rings. The number of para-hydroxylation sites is 1. The van der Waals surface area contributed by atoms with Gasteiger partial charge in [0.1, 0.15) is 0 Å². The number of alkyl halides is 3. The second kappa shape index (κ2) is 6.84. The van der Waals surface area contributed by atoms with Gasteiger partial charge >= 0.3 is 6.18 Å². The maximum atomic E-state index is 12.9. The molecule has 1 aromatic carbocycles. The van der Waals surface area contributed by atoms with E-state index < -0.39 is 17.7 Å². The van der Waals surface area contributed by atoms with Gasteiger partial charge in [0.15, 0.2) is 0 Å². The molecule has 3 rings (SSSR count). The lowest BCUT2D eigenvalue weighted by Gasteiger charge is -2.32. The third kappa shape index (κ3) is 3.62. The molecule has 0 saturated carbocycles. The first-order chi connectivity index (χ1) is 12.6. The number of aliphatic hydroxyl groups is 1. The molecule has 1 aliphatic rings. The van der Waals surface area contributed by atoms with Crippen molar-refractivity contribution in [2.75, 3.05) is 6.54 Å². The van der Waals surface area contributed by atoms with Crippen molar-refractivity contribution in [3.05, 3.63) is 60.1 Å². The van der Waals surface area contributed by atoms with Crippen LogP contribution in [0.15, 0.2) is 48.7 Å². The number of allylic oxidation sites excluding steroid dienone is 1. The van der Waals surface area contributed by atoms with Crippen LogP contribution in [0, 0.1) is 6.92 Å². The summed E-state index contributed by atoms with van der Waals surface area (Å²) in [4.78, 5) is 12.9. The number of nitrogens with zero attached hydrogens (tertiary/aromatic N) is 3. The molecule has 0 bridgehead atoms. The van der Waals surface area contributed by atoms with Crippen LogP contribution in [0.25, 0.3) is 5.69 Å². The zero-order valence-corrected chi connectivity index (χ0v) is 14.9. The van der Waals surface area contributed by atoms with Crippen molar-refractivity contribution in [1.82, 2.24) is 14.7 Å². The number of hydrogen-bond acceptors (Lipinski definition) is 3. The highest BCUT2D eigenvalue weighted by atomic mass is 19.4. The summed E-state index contributed by atoms with van der Waals surface area (Å²) in [7, 11) is 0. The van der Waals surface area contributed by atoms with Crippen molar-refractivity contribution in [3.8, 4) is 5.69 Å². The van der Waals surface area contributed by atoms with Gasteiger partial charge in [-0.3, -0.25) is 4.79 Å². The Hall–Kier alpha value is -2.61. The highest BCUT2D eigenvalue weighted by Gasteiger charge is 2.57. The Morgan fingerprint density at radius 3 is 2.48 bits per heavy atom. The summed E-state index contributed by atoms with van der Waals surface area (Å²) in [6, 6.07) is 11.5. The number of halogens is 3. The molecule has 27 heavy (non-hydrogen) atoms. The predicted octanol–water partition coefficient (Wildman–Crippen LogP) is 3.32. The maximum Gasteiger partial charge on any atom is 0.426 e. The fourth-order valence-corrected chi connectivity index (χ4v) is 2.98. The van der Waals surface area contributed by atoms with Crippen LogP contribution < -0.4 is 0 Å². The predicted molar refractivity (Wildman–Crippen MR) is 93.2 cm³/mol. The van der Waals surface area contributed by atoms with Crippen LogP contribution in [-0.2, 0) is 4.79 Å². The normalized spacial score (nSPS) is 19.8. The highest BCUT2D eigenvalue weighted by Crippen LogP contribution is 2.33. The molecule has 0 saturated heterocycles. The summed E-state index contributed by atoms with van der Waals surface area (Å²) in [5, 5.41) is 14.1. The van der Waals surface area contributed by atoms with Gasteiger partial charge in [0.05, 0.1) is 11.4 Å². The van der Waals surface area contributed by atoms with E-state index in [0.717, 1.165) is 22.0 Å². The SMILES string of the molecule is Cc1cc(C2C=CN(C(=O)[C@@](C)(O)C(F)(F)F)CC2)nn1-c1ccccc1. The van der Waals surface area contributed by atoms with Crippen molar-refractivity contribution < 1.29 is 23.1 Å². The molecule has 0 aliphatic carbocycles. The van der Waals surface area contributed by atoms with E-state index in [-0.39, 0.29) is 12.5 Å². The van der Waals surface area contributed by atoms with E-state index in [2.05, 4.69) is 5.10 Å². The number of aromatic nitrogens is 2. The van der Waals surface area contributed by atoms with Gasteiger partial charge in [0, 0.05) is 24.4 Å². The number of carbonyl (C=O) groups is 1. The molecule has 2 heterocycles. The minimum absolute atomic E-state index is 0.0729. The molecule has 0 spiro atoms. The molecule has 1 aliphatic heterocycles. The Kier molecular flexibility index (Phi) is 4.86. The average molecular weight is 379 g/mol. The second-order valence-electron chi connectivity index (χ2n) is 6.76. The fraction of sp³-hybridized carbons (Fsp3) is 0.368. The summed E-state index contributed by atoms with van der Waals surface area (Å²) < 4.78 is 40.4. The first-order valence-corrected chi connectivity index (χ1v) is 8.52. The fourth-order valence-electron chi connectivity index (χ4n) is 2.98. The number of carbonyl (C=O) groups excluding carboxylic acids is 1. The summed E-state index contributed by atoms with van der Waals surface area (Å²) in [5.74, 6) is -1.50. The van der Waals surface area contributed by atoms with E-state index in [1.165, 1.54) is 6.20 Å². The molecule has 0 radical (unpaired) electrons. The third-order valence-corrected chi connectivity index (χ3v) is 4.70. The standard InChI is InChI=1S/C19H20F3N3O2/c1-13-12-16(23-25(13)15-6-4-3-5-7-15)14-8-10-24(11-9-14)17(26)18(2,27)19(20,21)22/h3-8,10,12,14,27H,9,11H2,1-2H3/t14?,18-/m1/s1. The molecule has 8 heteroatoms. The molecule has 1 aromatic heterocycles. The molecule has 5 nitrogen and oxygen atoms in total. The van der Waals surface area contributed by atoms with Crippen LogP contribution in [0.1, 0.15) is 30.7 Å². The van der Waals surface area contributed by atoms with Crippen molar-refractivity contribution in [3.63, 3.8) is 0 Å². The zero-order valence-electron chi connectivity index (χ0n) is 14.9. The summed E-state index contributed by atoms with van der Waals surface area (Å²) in [6.07, 6.45) is -1.67. The van der Waals surface area contributed by atoms with Crippen molar-refractivity contribution in [1.29, 1.82) is 0 Å². The van der Waals surface area contributed by atoms with Gasteiger partial charge in [0.2, 0.25) is 5.60 Å². The monoisotopic (exact) mass is 379 g/mol. The number of rotatable bonds is 3. The van der Waals surface area contributed by atoms with Crippen LogP contribution >= 0.6 is 0 Å². The van der Waals surface area contributed by atoms with Crippen LogP contribution in [0.2, 0.25) is 0 Å². The first-order valence-electron chi connectivity index (χ1n) is 8.52. The summed E-state index contributed by atoms with van der Waals surface area (Å²) in [6.45, 7) is 2.47. The van der Waals surface area contributed by atoms with Crippen LogP contribution in [0.4, 0.5) is 13.2 Å². The molecule has 1 N–H and O–H groups in total. The quantitative estimate of drug-likeness (QED) is 0.890. The average Bonchev–Trinajstić information content (AvgIpc) is 3.03. The zero-order chi connectivity index (χ0) is 19.8. The Labute approximate surface area is 154 Å².